The third-order valence-electron chi connectivity index (χ3n) is 4.24. The molecule has 0 saturated heterocycles. The first-order valence-electron chi connectivity index (χ1n) is 8.03. The Morgan fingerprint density at radius 3 is 2.59 bits per heavy atom. The van der Waals surface area contributed by atoms with Crippen LogP contribution in [0.5, 0.6) is 0 Å². The number of nitrogens with two attached hydrogens (primary N) is 1. The zero-order valence-electron chi connectivity index (χ0n) is 14.4. The third kappa shape index (κ3) is 3.61. The molecular formula is C18H16N4O4S. The Morgan fingerprint density at radius 2 is 2.00 bits per heavy atom. The minimum atomic E-state index is -0.630. The summed E-state index contributed by atoms with van der Waals surface area (Å²) in [7, 11) is 1.31. The highest BCUT2D eigenvalue weighted by molar-refractivity contribution is 7.17. The molecule has 1 aliphatic rings. The first-order chi connectivity index (χ1) is 12.9. The van der Waals surface area contributed by atoms with Crippen LogP contribution in [0.2, 0.25) is 0 Å². The molecule has 138 valence electrons. The Balaban J connectivity index is 1.88. The van der Waals surface area contributed by atoms with Gasteiger partial charge < -0.3 is 20.7 Å². The normalized spacial score (nSPS) is 12.7. The maximum atomic E-state index is 12.5. The monoisotopic (exact) mass is 384 g/mol. The lowest BCUT2D eigenvalue weighted by Crippen LogP contribution is -2.35. The molecule has 3 N–H and O–H groups in total. The molecule has 8 nitrogen and oxygen atoms in total. The van der Waals surface area contributed by atoms with Crippen molar-refractivity contribution < 1.29 is 19.1 Å². The van der Waals surface area contributed by atoms with Crippen LogP contribution in [0.4, 0.5) is 9.80 Å². The summed E-state index contributed by atoms with van der Waals surface area (Å²) in [5, 5.41) is 11.9. The molecule has 0 radical (unpaired) electrons. The van der Waals surface area contributed by atoms with Crippen LogP contribution < -0.4 is 11.1 Å². The SMILES string of the molecule is COC(=O)N1CCc2c(sc(NC(=O)c3ccc(C#N)cc3)c2C(N)=O)C1. The molecule has 2 aromatic rings. The molecule has 0 bridgehead atoms. The maximum absolute atomic E-state index is 12.5. The van der Waals surface area contributed by atoms with Crippen molar-refractivity contribution in [2.24, 2.45) is 5.73 Å². The smallest absolute Gasteiger partial charge is 0.409 e. The van der Waals surface area contributed by atoms with E-state index in [9.17, 15) is 14.4 Å². The largest absolute Gasteiger partial charge is 0.453 e. The number of amides is 3. The standard InChI is InChI=1S/C18H16N4O4S/c1-26-18(25)22-7-6-12-13(9-22)27-17(14(12)15(20)23)21-16(24)11-4-2-10(8-19)3-5-11/h2-5H,6-7,9H2,1H3,(H2,20,23)(H,21,24). The van der Waals surface area contributed by atoms with Gasteiger partial charge >= 0.3 is 6.09 Å². The highest BCUT2D eigenvalue weighted by Crippen LogP contribution is 2.37. The van der Waals surface area contributed by atoms with E-state index < -0.39 is 17.9 Å². The Hall–Kier alpha value is -3.38. The molecule has 1 aromatic heterocycles. The molecule has 0 spiro atoms. The zero-order chi connectivity index (χ0) is 19.6. The highest BCUT2D eigenvalue weighted by Gasteiger charge is 2.29. The van der Waals surface area contributed by atoms with Crippen molar-refractivity contribution in [1.82, 2.24) is 4.90 Å². The van der Waals surface area contributed by atoms with Gasteiger partial charge in [0.25, 0.3) is 11.8 Å². The Kier molecular flexibility index (Phi) is 5.09. The second-order valence-electron chi connectivity index (χ2n) is 5.86. The van der Waals surface area contributed by atoms with Gasteiger partial charge in [0.05, 0.1) is 30.9 Å². The summed E-state index contributed by atoms with van der Waals surface area (Å²) in [6.45, 7) is 0.694. The first-order valence-corrected chi connectivity index (χ1v) is 8.85. The summed E-state index contributed by atoms with van der Waals surface area (Å²) >= 11 is 1.22. The molecule has 3 amide bonds. The lowest BCUT2D eigenvalue weighted by Gasteiger charge is -2.25. The fourth-order valence-electron chi connectivity index (χ4n) is 2.91. The lowest BCUT2D eigenvalue weighted by atomic mass is 10.0. The van der Waals surface area contributed by atoms with Crippen LogP contribution >= 0.6 is 11.3 Å². The van der Waals surface area contributed by atoms with Crippen LogP contribution in [0, 0.1) is 11.3 Å². The topological polar surface area (TPSA) is 126 Å². The minimum absolute atomic E-state index is 0.279. The Labute approximate surface area is 159 Å². The van der Waals surface area contributed by atoms with E-state index in [1.165, 1.54) is 47.6 Å². The van der Waals surface area contributed by atoms with Crippen molar-refractivity contribution in [3.63, 3.8) is 0 Å². The van der Waals surface area contributed by atoms with Gasteiger partial charge in [0.2, 0.25) is 0 Å². The van der Waals surface area contributed by atoms with Crippen molar-refractivity contribution in [3.8, 4) is 6.07 Å². The summed E-state index contributed by atoms with van der Waals surface area (Å²) in [5.74, 6) is -1.04. The molecule has 2 heterocycles. The number of ether oxygens (including phenoxy) is 1. The summed E-state index contributed by atoms with van der Waals surface area (Å²) in [6.07, 6.45) is 0.00390. The van der Waals surface area contributed by atoms with Gasteiger partial charge in [-0.05, 0) is 36.2 Å². The summed E-state index contributed by atoms with van der Waals surface area (Å²) in [4.78, 5) is 38.5. The predicted molar refractivity (Wildman–Crippen MR) is 98.5 cm³/mol. The number of carbonyl (C=O) groups excluding carboxylic acids is 3. The van der Waals surface area contributed by atoms with Crippen molar-refractivity contribution in [2.75, 3.05) is 19.0 Å². The molecule has 9 heteroatoms. The van der Waals surface area contributed by atoms with Crippen LogP contribution in [-0.4, -0.2) is 36.5 Å². The molecule has 0 saturated carbocycles. The number of benzene rings is 1. The third-order valence-corrected chi connectivity index (χ3v) is 5.37. The van der Waals surface area contributed by atoms with Gasteiger partial charge in [0.1, 0.15) is 5.00 Å². The Morgan fingerprint density at radius 1 is 1.30 bits per heavy atom. The van der Waals surface area contributed by atoms with E-state index in [1.54, 1.807) is 0 Å². The summed E-state index contributed by atoms with van der Waals surface area (Å²) < 4.78 is 4.74. The predicted octanol–water partition coefficient (Wildman–Crippen LogP) is 2.10. The number of fused-ring (bicyclic) bond motifs is 1. The number of rotatable bonds is 3. The number of hydrogen-bond donors (Lipinski definition) is 2. The number of anilines is 1. The second kappa shape index (κ2) is 7.47. The summed E-state index contributed by atoms with van der Waals surface area (Å²) in [5.41, 5.74) is 7.36. The van der Waals surface area contributed by atoms with Gasteiger partial charge in [0.15, 0.2) is 0 Å². The van der Waals surface area contributed by atoms with Crippen LogP contribution in [0.3, 0.4) is 0 Å². The highest BCUT2D eigenvalue weighted by atomic mass is 32.1. The number of nitrogens with zero attached hydrogens (tertiary/aromatic N) is 2. The average molecular weight is 384 g/mol. The van der Waals surface area contributed by atoms with E-state index >= 15 is 0 Å². The second-order valence-corrected chi connectivity index (χ2v) is 6.96. The number of hydrogen-bond acceptors (Lipinski definition) is 6. The van der Waals surface area contributed by atoms with Crippen LogP contribution in [0.15, 0.2) is 24.3 Å². The molecule has 0 fully saturated rings. The zero-order valence-corrected chi connectivity index (χ0v) is 15.3. The molecule has 27 heavy (non-hydrogen) atoms. The van der Waals surface area contributed by atoms with Gasteiger partial charge in [-0.2, -0.15) is 5.26 Å². The maximum Gasteiger partial charge on any atom is 0.409 e. The number of nitrogens with one attached hydrogen (secondary N) is 1. The molecule has 0 atom stereocenters. The van der Waals surface area contributed by atoms with Crippen molar-refractivity contribution in [2.45, 2.75) is 13.0 Å². The number of nitriles is 1. The minimum Gasteiger partial charge on any atom is -0.453 e. The van der Waals surface area contributed by atoms with Gasteiger partial charge in [0, 0.05) is 17.0 Å². The van der Waals surface area contributed by atoms with Gasteiger partial charge in [-0.3, -0.25) is 9.59 Å². The van der Waals surface area contributed by atoms with Gasteiger partial charge in [-0.25, -0.2) is 4.79 Å². The number of methoxy groups -OCH3 is 1. The van der Waals surface area contributed by atoms with E-state index in [4.69, 9.17) is 15.7 Å². The fourth-order valence-corrected chi connectivity index (χ4v) is 4.17. The summed E-state index contributed by atoms with van der Waals surface area (Å²) in [6, 6.07) is 8.13. The van der Waals surface area contributed by atoms with Crippen molar-refractivity contribution >= 4 is 34.2 Å². The number of carbonyl (C=O) groups is 3. The van der Waals surface area contributed by atoms with E-state index in [0.29, 0.717) is 35.6 Å². The van der Waals surface area contributed by atoms with Crippen LogP contribution in [0.25, 0.3) is 0 Å². The Bertz CT molecular complexity index is 959. The quantitative estimate of drug-likeness (QED) is 0.838. The molecule has 3 rings (SSSR count). The molecule has 1 aliphatic heterocycles. The van der Waals surface area contributed by atoms with E-state index in [1.807, 2.05) is 6.07 Å². The van der Waals surface area contributed by atoms with Crippen LogP contribution in [0.1, 0.15) is 36.7 Å². The van der Waals surface area contributed by atoms with Gasteiger partial charge in [-0.15, -0.1) is 11.3 Å². The number of thiophene rings is 1. The van der Waals surface area contributed by atoms with E-state index in [2.05, 4.69) is 5.32 Å². The molecular weight excluding hydrogens is 368 g/mol. The molecule has 1 aromatic carbocycles. The van der Waals surface area contributed by atoms with Crippen LogP contribution in [-0.2, 0) is 17.7 Å². The van der Waals surface area contributed by atoms with Crippen molar-refractivity contribution in [3.05, 3.63) is 51.4 Å². The first kappa shape index (κ1) is 18.4. The fraction of sp³-hybridized carbons (Fsp3) is 0.222. The lowest BCUT2D eigenvalue weighted by molar-refractivity contribution is 0.0999. The average Bonchev–Trinajstić information content (AvgIpc) is 3.04. The molecule has 0 aliphatic carbocycles. The van der Waals surface area contributed by atoms with E-state index in [-0.39, 0.29) is 5.56 Å². The van der Waals surface area contributed by atoms with E-state index in [0.717, 1.165) is 10.4 Å². The van der Waals surface area contributed by atoms with Gasteiger partial charge in [-0.1, -0.05) is 0 Å². The number of primary amides is 1. The van der Waals surface area contributed by atoms with Crippen molar-refractivity contribution in [1.29, 1.82) is 5.26 Å². The molecule has 0 unspecified atom stereocenters.